The summed E-state index contributed by atoms with van der Waals surface area (Å²) in [6.45, 7) is 1.65. The van der Waals surface area contributed by atoms with Crippen molar-refractivity contribution in [2.24, 2.45) is 11.0 Å². The Labute approximate surface area is 124 Å². The molecule has 1 unspecified atom stereocenters. The molecule has 21 heavy (non-hydrogen) atoms. The minimum atomic E-state index is -0.625. The third kappa shape index (κ3) is 4.91. The molecule has 0 aromatic heterocycles. The highest BCUT2D eigenvalue weighted by atomic mass is 16.5. The standard InChI is InChI=1S/C15H20N2O4/c1-11(15(19)21-4)13(10-14(18)20-3)16-17(2)12-8-6-5-7-9-12/h5-9,11H,10H2,1-4H3/b16-13-. The highest BCUT2D eigenvalue weighted by molar-refractivity contribution is 6.08. The van der Waals surface area contributed by atoms with Crippen LogP contribution in [0.15, 0.2) is 35.4 Å². The number of anilines is 1. The van der Waals surface area contributed by atoms with E-state index in [2.05, 4.69) is 9.84 Å². The molecule has 0 aliphatic heterocycles. The van der Waals surface area contributed by atoms with Crippen molar-refractivity contribution in [2.45, 2.75) is 13.3 Å². The molecule has 0 spiro atoms. The van der Waals surface area contributed by atoms with E-state index in [1.54, 1.807) is 19.0 Å². The van der Waals surface area contributed by atoms with Crippen molar-refractivity contribution in [1.29, 1.82) is 0 Å². The van der Waals surface area contributed by atoms with Crippen LogP contribution in [-0.2, 0) is 19.1 Å². The smallest absolute Gasteiger partial charge is 0.314 e. The number of methoxy groups -OCH3 is 2. The van der Waals surface area contributed by atoms with Gasteiger partial charge in [-0.05, 0) is 19.1 Å². The number of ether oxygens (including phenoxy) is 2. The molecule has 0 heterocycles. The van der Waals surface area contributed by atoms with Gasteiger partial charge >= 0.3 is 11.9 Å². The van der Waals surface area contributed by atoms with Crippen molar-refractivity contribution >= 4 is 23.3 Å². The number of esters is 2. The maximum atomic E-state index is 11.7. The van der Waals surface area contributed by atoms with Gasteiger partial charge in [0.1, 0.15) is 0 Å². The lowest BCUT2D eigenvalue weighted by Crippen LogP contribution is -2.28. The van der Waals surface area contributed by atoms with Gasteiger partial charge in [0, 0.05) is 7.05 Å². The maximum absolute atomic E-state index is 11.7. The molecule has 1 atom stereocenters. The lowest BCUT2D eigenvalue weighted by Gasteiger charge is -2.18. The fraction of sp³-hybridized carbons (Fsp3) is 0.400. The highest BCUT2D eigenvalue weighted by Gasteiger charge is 2.23. The number of carbonyl (C=O) groups is 2. The second-order valence-corrected chi connectivity index (χ2v) is 4.45. The van der Waals surface area contributed by atoms with Crippen molar-refractivity contribution in [3.8, 4) is 0 Å². The first-order valence-corrected chi connectivity index (χ1v) is 6.50. The molecule has 6 nitrogen and oxygen atoms in total. The maximum Gasteiger partial charge on any atom is 0.314 e. The molecule has 0 radical (unpaired) electrons. The summed E-state index contributed by atoms with van der Waals surface area (Å²) < 4.78 is 9.35. The Morgan fingerprint density at radius 3 is 2.33 bits per heavy atom. The molecule has 0 amide bonds. The van der Waals surface area contributed by atoms with Gasteiger partial charge in [-0.1, -0.05) is 18.2 Å². The Balaban J connectivity index is 3.01. The Morgan fingerprint density at radius 2 is 1.81 bits per heavy atom. The first kappa shape index (κ1) is 16.7. The van der Waals surface area contributed by atoms with Gasteiger partial charge in [-0.15, -0.1) is 0 Å². The van der Waals surface area contributed by atoms with E-state index in [9.17, 15) is 9.59 Å². The largest absolute Gasteiger partial charge is 0.469 e. The van der Waals surface area contributed by atoms with Crippen LogP contribution in [0.2, 0.25) is 0 Å². The molecule has 0 bridgehead atoms. The summed E-state index contributed by atoms with van der Waals surface area (Å²) in [7, 11) is 4.34. The van der Waals surface area contributed by atoms with Crippen molar-refractivity contribution in [3.05, 3.63) is 30.3 Å². The van der Waals surface area contributed by atoms with E-state index >= 15 is 0 Å². The fourth-order valence-corrected chi connectivity index (χ4v) is 1.70. The Kier molecular flexibility index (Phi) is 6.39. The van der Waals surface area contributed by atoms with Crippen molar-refractivity contribution in [1.82, 2.24) is 0 Å². The van der Waals surface area contributed by atoms with Gasteiger partial charge in [0.15, 0.2) is 0 Å². The summed E-state index contributed by atoms with van der Waals surface area (Å²) in [5, 5.41) is 5.96. The molecule has 0 saturated heterocycles. The quantitative estimate of drug-likeness (QED) is 0.455. The number of hydrogen-bond acceptors (Lipinski definition) is 6. The number of para-hydroxylation sites is 1. The van der Waals surface area contributed by atoms with E-state index in [-0.39, 0.29) is 6.42 Å². The minimum Gasteiger partial charge on any atom is -0.469 e. The number of benzene rings is 1. The molecular weight excluding hydrogens is 272 g/mol. The summed E-state index contributed by atoms with van der Waals surface area (Å²) in [5.74, 6) is -1.52. The molecule has 0 N–H and O–H groups in total. The summed E-state index contributed by atoms with van der Waals surface area (Å²) in [5.41, 5.74) is 1.23. The second kappa shape index (κ2) is 8.04. The van der Waals surface area contributed by atoms with Crippen LogP contribution in [0.4, 0.5) is 5.69 Å². The second-order valence-electron chi connectivity index (χ2n) is 4.45. The fourth-order valence-electron chi connectivity index (χ4n) is 1.70. The van der Waals surface area contributed by atoms with Crippen LogP contribution in [-0.4, -0.2) is 38.9 Å². The molecule has 1 aromatic rings. The average molecular weight is 292 g/mol. The van der Waals surface area contributed by atoms with Crippen molar-refractivity contribution in [2.75, 3.05) is 26.3 Å². The Hall–Kier alpha value is -2.37. The zero-order valence-corrected chi connectivity index (χ0v) is 12.7. The molecule has 1 aromatic carbocycles. The van der Waals surface area contributed by atoms with Crippen LogP contribution in [0.3, 0.4) is 0 Å². The summed E-state index contributed by atoms with van der Waals surface area (Å²) in [4.78, 5) is 23.1. The zero-order chi connectivity index (χ0) is 15.8. The van der Waals surface area contributed by atoms with Gasteiger partial charge in [-0.2, -0.15) is 5.10 Å². The minimum absolute atomic E-state index is 0.0655. The third-order valence-electron chi connectivity index (χ3n) is 3.02. The predicted molar refractivity (Wildman–Crippen MR) is 80.1 cm³/mol. The van der Waals surface area contributed by atoms with E-state index in [1.807, 2.05) is 30.3 Å². The zero-order valence-electron chi connectivity index (χ0n) is 12.7. The first-order chi connectivity index (χ1) is 9.99. The monoisotopic (exact) mass is 292 g/mol. The van der Waals surface area contributed by atoms with Gasteiger partial charge in [0.25, 0.3) is 0 Å². The van der Waals surface area contributed by atoms with E-state index in [0.29, 0.717) is 5.71 Å². The molecule has 0 fully saturated rings. The molecule has 114 valence electrons. The summed E-state index contributed by atoms with van der Waals surface area (Å²) in [6, 6.07) is 9.41. The van der Waals surface area contributed by atoms with Gasteiger partial charge in [0.2, 0.25) is 0 Å². The third-order valence-corrected chi connectivity index (χ3v) is 3.02. The average Bonchev–Trinajstić information content (AvgIpc) is 2.53. The molecule has 0 aliphatic rings. The number of carbonyl (C=O) groups excluding carboxylic acids is 2. The molecule has 1 rings (SSSR count). The molecule has 0 saturated carbocycles. The van der Waals surface area contributed by atoms with E-state index in [1.165, 1.54) is 14.2 Å². The van der Waals surface area contributed by atoms with Crippen LogP contribution in [0.1, 0.15) is 13.3 Å². The predicted octanol–water partition coefficient (Wildman–Crippen LogP) is 1.85. The van der Waals surface area contributed by atoms with Crippen molar-refractivity contribution in [3.63, 3.8) is 0 Å². The topological polar surface area (TPSA) is 68.2 Å². The first-order valence-electron chi connectivity index (χ1n) is 6.50. The normalized spacial score (nSPS) is 12.5. The number of hydrogen-bond donors (Lipinski definition) is 0. The van der Waals surface area contributed by atoms with Gasteiger partial charge < -0.3 is 9.47 Å². The lowest BCUT2D eigenvalue weighted by atomic mass is 10.0. The highest BCUT2D eigenvalue weighted by Crippen LogP contribution is 2.14. The van der Waals surface area contributed by atoms with Gasteiger partial charge in [-0.3, -0.25) is 14.6 Å². The van der Waals surface area contributed by atoms with Crippen LogP contribution < -0.4 is 5.01 Å². The van der Waals surface area contributed by atoms with E-state index < -0.39 is 17.9 Å². The molecular formula is C15H20N2O4. The Morgan fingerprint density at radius 1 is 1.19 bits per heavy atom. The van der Waals surface area contributed by atoms with Gasteiger partial charge in [-0.25, -0.2) is 0 Å². The van der Waals surface area contributed by atoms with Gasteiger partial charge in [0.05, 0.1) is 38.0 Å². The van der Waals surface area contributed by atoms with Crippen LogP contribution in [0.5, 0.6) is 0 Å². The molecule has 6 heteroatoms. The van der Waals surface area contributed by atoms with Crippen LogP contribution in [0.25, 0.3) is 0 Å². The summed E-state index contributed by atoms with van der Waals surface area (Å²) >= 11 is 0. The number of hydrazone groups is 1. The van der Waals surface area contributed by atoms with Crippen LogP contribution in [0, 0.1) is 5.92 Å². The summed E-state index contributed by atoms with van der Waals surface area (Å²) in [6.07, 6.45) is -0.0655. The Bertz CT molecular complexity index is 514. The lowest BCUT2D eigenvalue weighted by molar-refractivity contribution is -0.142. The SMILES string of the molecule is COC(=O)C/C(=N/N(C)c1ccccc1)C(C)C(=O)OC. The van der Waals surface area contributed by atoms with Crippen molar-refractivity contribution < 1.29 is 19.1 Å². The van der Waals surface area contributed by atoms with E-state index in [0.717, 1.165) is 5.69 Å². The number of rotatable bonds is 6. The number of nitrogens with zero attached hydrogens (tertiary/aromatic N) is 2. The van der Waals surface area contributed by atoms with E-state index in [4.69, 9.17) is 4.74 Å². The molecule has 0 aliphatic carbocycles. The van der Waals surface area contributed by atoms with Crippen LogP contribution >= 0.6 is 0 Å².